The van der Waals surface area contributed by atoms with Crippen molar-refractivity contribution >= 4 is 8.41 Å². The molecule has 93 valence electrons. The van der Waals surface area contributed by atoms with Crippen LogP contribution in [0.25, 0.3) is 0 Å². The molecule has 4 heteroatoms. The molecule has 0 aromatic heterocycles. The average Bonchev–Trinajstić information content (AvgIpc) is 3.09. The van der Waals surface area contributed by atoms with Crippen molar-refractivity contribution in [3.63, 3.8) is 0 Å². The molecule has 0 aromatic carbocycles. The highest BCUT2D eigenvalue weighted by molar-refractivity contribution is 5.75. The lowest BCUT2D eigenvalue weighted by Gasteiger charge is -1.76. The zero-order valence-corrected chi connectivity index (χ0v) is 10.6. The third kappa shape index (κ3) is 10.5. The lowest BCUT2D eigenvalue weighted by atomic mass is 10.4. The topological polar surface area (TPSA) is 36.1 Å². The van der Waals surface area contributed by atoms with Crippen molar-refractivity contribution in [2.75, 3.05) is 39.3 Å². The third-order valence-corrected chi connectivity index (χ3v) is 2.87. The summed E-state index contributed by atoms with van der Waals surface area (Å²) in [5.41, 5.74) is 0. The van der Waals surface area contributed by atoms with E-state index < -0.39 is 0 Å². The SMILES string of the molecule is C1CCNC1.C1CCNC1.C1CCNC1.[B]. The standard InChI is InChI=1S/3C4H9N.B/c3*1-2-4-5-3-1;/h3*5H,1-4H2;. The van der Waals surface area contributed by atoms with Gasteiger partial charge in [-0.1, -0.05) is 0 Å². The van der Waals surface area contributed by atoms with Gasteiger partial charge in [0.25, 0.3) is 0 Å². The molecule has 0 atom stereocenters. The Balaban J connectivity index is 0.000000205. The zero-order valence-electron chi connectivity index (χ0n) is 10.6. The summed E-state index contributed by atoms with van der Waals surface area (Å²) >= 11 is 0. The Morgan fingerprint density at radius 3 is 0.625 bits per heavy atom. The second-order valence-corrected chi connectivity index (χ2v) is 4.37. The van der Waals surface area contributed by atoms with E-state index in [9.17, 15) is 0 Å². The highest BCUT2D eigenvalue weighted by atomic mass is 14.9. The minimum Gasteiger partial charge on any atom is -0.317 e. The molecule has 3 nitrogen and oxygen atoms in total. The summed E-state index contributed by atoms with van der Waals surface area (Å²) in [4.78, 5) is 0. The summed E-state index contributed by atoms with van der Waals surface area (Å²) in [7, 11) is 0. The van der Waals surface area contributed by atoms with Crippen LogP contribution in [0.15, 0.2) is 0 Å². The maximum Gasteiger partial charge on any atom is 0 e. The van der Waals surface area contributed by atoms with Gasteiger partial charge in [0.05, 0.1) is 0 Å². The molecule has 3 rings (SSSR count). The Bertz CT molecular complexity index is 74.8. The van der Waals surface area contributed by atoms with Crippen molar-refractivity contribution in [2.24, 2.45) is 0 Å². The van der Waals surface area contributed by atoms with E-state index in [2.05, 4.69) is 16.0 Å². The van der Waals surface area contributed by atoms with Gasteiger partial charge in [-0.05, 0) is 77.8 Å². The van der Waals surface area contributed by atoms with E-state index in [1.54, 1.807) is 0 Å². The van der Waals surface area contributed by atoms with Crippen molar-refractivity contribution in [1.82, 2.24) is 16.0 Å². The molecule has 3 heterocycles. The molecule has 3 aliphatic heterocycles. The fraction of sp³-hybridized carbons (Fsp3) is 1.00. The number of hydrogen-bond donors (Lipinski definition) is 3. The second-order valence-electron chi connectivity index (χ2n) is 4.37. The van der Waals surface area contributed by atoms with Crippen molar-refractivity contribution in [3.05, 3.63) is 0 Å². The van der Waals surface area contributed by atoms with Gasteiger partial charge in [0.15, 0.2) is 0 Å². The first-order valence-corrected chi connectivity index (χ1v) is 6.62. The number of hydrogen-bond acceptors (Lipinski definition) is 3. The van der Waals surface area contributed by atoms with E-state index in [1.807, 2.05) is 0 Å². The molecule has 3 radical (unpaired) electrons. The highest BCUT2D eigenvalue weighted by Crippen LogP contribution is 1.91. The second kappa shape index (κ2) is 13.0. The summed E-state index contributed by atoms with van der Waals surface area (Å²) < 4.78 is 0. The average molecular weight is 224 g/mol. The monoisotopic (exact) mass is 224 g/mol. The molecule has 0 amide bonds. The van der Waals surface area contributed by atoms with E-state index >= 15 is 0 Å². The van der Waals surface area contributed by atoms with Gasteiger partial charge in [-0.15, -0.1) is 0 Å². The van der Waals surface area contributed by atoms with Crippen LogP contribution in [0.1, 0.15) is 38.5 Å². The van der Waals surface area contributed by atoms with Crippen LogP contribution in [0, 0.1) is 0 Å². The van der Waals surface area contributed by atoms with Crippen molar-refractivity contribution in [3.8, 4) is 0 Å². The molecule has 3 N–H and O–H groups in total. The van der Waals surface area contributed by atoms with E-state index in [-0.39, 0.29) is 8.41 Å². The van der Waals surface area contributed by atoms with E-state index in [0.717, 1.165) is 0 Å². The van der Waals surface area contributed by atoms with Crippen molar-refractivity contribution < 1.29 is 0 Å². The molecule has 0 aliphatic carbocycles. The van der Waals surface area contributed by atoms with E-state index in [1.165, 1.54) is 77.8 Å². The molecule has 0 unspecified atom stereocenters. The molecule has 0 aromatic rings. The maximum atomic E-state index is 3.22. The summed E-state index contributed by atoms with van der Waals surface area (Å²) in [6.45, 7) is 7.50. The first kappa shape index (κ1) is 15.9. The predicted octanol–water partition coefficient (Wildman–Crippen LogP) is 0.729. The summed E-state index contributed by atoms with van der Waals surface area (Å²) in [6.07, 6.45) is 8.33. The Morgan fingerprint density at radius 2 is 0.562 bits per heavy atom. The summed E-state index contributed by atoms with van der Waals surface area (Å²) in [5.74, 6) is 0. The van der Waals surface area contributed by atoms with Crippen LogP contribution in [-0.2, 0) is 0 Å². The van der Waals surface area contributed by atoms with Crippen LogP contribution in [0.5, 0.6) is 0 Å². The van der Waals surface area contributed by atoms with Crippen LogP contribution in [-0.4, -0.2) is 47.7 Å². The Labute approximate surface area is 103 Å². The van der Waals surface area contributed by atoms with Crippen LogP contribution < -0.4 is 16.0 Å². The van der Waals surface area contributed by atoms with Gasteiger partial charge in [-0.3, -0.25) is 0 Å². The van der Waals surface area contributed by atoms with Crippen molar-refractivity contribution in [1.29, 1.82) is 0 Å². The lowest BCUT2D eigenvalue weighted by Crippen LogP contribution is -2.03. The number of rotatable bonds is 0. The molecule has 0 spiro atoms. The Hall–Kier alpha value is -0.0551. The van der Waals surface area contributed by atoms with Crippen LogP contribution in [0.2, 0.25) is 0 Å². The Kier molecular flexibility index (Phi) is 13.0. The van der Waals surface area contributed by atoms with Crippen molar-refractivity contribution in [2.45, 2.75) is 38.5 Å². The molecular weight excluding hydrogens is 197 g/mol. The zero-order chi connectivity index (χ0) is 10.6. The van der Waals surface area contributed by atoms with Crippen LogP contribution in [0.4, 0.5) is 0 Å². The molecule has 3 saturated heterocycles. The molecule has 0 bridgehead atoms. The van der Waals surface area contributed by atoms with Gasteiger partial charge in [0.1, 0.15) is 0 Å². The summed E-state index contributed by atoms with van der Waals surface area (Å²) in [5, 5.41) is 9.67. The fourth-order valence-corrected chi connectivity index (χ4v) is 1.87. The van der Waals surface area contributed by atoms with Gasteiger partial charge in [0, 0.05) is 8.41 Å². The Morgan fingerprint density at radius 1 is 0.375 bits per heavy atom. The smallest absolute Gasteiger partial charge is 0 e. The predicted molar refractivity (Wildman–Crippen MR) is 72.1 cm³/mol. The van der Waals surface area contributed by atoms with Gasteiger partial charge in [-0.25, -0.2) is 0 Å². The largest absolute Gasteiger partial charge is 0.317 e. The first-order chi connectivity index (χ1) is 7.50. The van der Waals surface area contributed by atoms with Crippen LogP contribution >= 0.6 is 0 Å². The lowest BCUT2D eigenvalue weighted by molar-refractivity contribution is 0.857. The molecule has 3 fully saturated rings. The highest BCUT2D eigenvalue weighted by Gasteiger charge is 1.94. The quantitative estimate of drug-likeness (QED) is 0.531. The first-order valence-electron chi connectivity index (χ1n) is 6.62. The molecule has 0 saturated carbocycles. The normalized spacial score (nSPS) is 22.5. The molecule has 3 aliphatic rings. The maximum absolute atomic E-state index is 3.22. The number of nitrogens with one attached hydrogen (secondary N) is 3. The van der Waals surface area contributed by atoms with Gasteiger partial charge in [-0.2, -0.15) is 0 Å². The third-order valence-electron chi connectivity index (χ3n) is 2.87. The van der Waals surface area contributed by atoms with Gasteiger partial charge in [0.2, 0.25) is 0 Å². The molecule has 16 heavy (non-hydrogen) atoms. The van der Waals surface area contributed by atoms with E-state index in [4.69, 9.17) is 0 Å². The van der Waals surface area contributed by atoms with Gasteiger partial charge < -0.3 is 16.0 Å². The van der Waals surface area contributed by atoms with Gasteiger partial charge >= 0.3 is 0 Å². The minimum atomic E-state index is 0. The fourth-order valence-electron chi connectivity index (χ4n) is 1.87. The van der Waals surface area contributed by atoms with E-state index in [0.29, 0.717) is 0 Å². The minimum absolute atomic E-state index is 0. The summed E-state index contributed by atoms with van der Waals surface area (Å²) in [6, 6.07) is 0. The molecular formula is C12H27BN3. The van der Waals surface area contributed by atoms with Crippen LogP contribution in [0.3, 0.4) is 0 Å².